The molecule has 4 rings (SSSR count). The van der Waals surface area contributed by atoms with Gasteiger partial charge in [0.25, 0.3) is 5.91 Å². The van der Waals surface area contributed by atoms with E-state index in [1.165, 1.54) is 0 Å². The summed E-state index contributed by atoms with van der Waals surface area (Å²) in [5.74, 6) is 0.151. The predicted molar refractivity (Wildman–Crippen MR) is 100 cm³/mol. The fraction of sp³-hybridized carbons (Fsp3) is 0.667. The number of nitrogens with zero attached hydrogens (tertiary/aromatic N) is 2. The van der Waals surface area contributed by atoms with Gasteiger partial charge in [0.1, 0.15) is 0 Å². The number of amides is 1. The van der Waals surface area contributed by atoms with Crippen molar-refractivity contribution in [3.63, 3.8) is 0 Å². The average Bonchev–Trinajstić information content (AvgIpc) is 3.04. The fourth-order valence-electron chi connectivity index (χ4n) is 4.79. The molecule has 1 aromatic carbocycles. The Bertz CT molecular complexity index is 613. The van der Waals surface area contributed by atoms with Gasteiger partial charge in [-0.25, -0.2) is 0 Å². The molecule has 0 unspecified atom stereocenters. The highest BCUT2D eigenvalue weighted by molar-refractivity contribution is 5.94. The Kier molecular flexibility index (Phi) is 5.30. The van der Waals surface area contributed by atoms with Crippen LogP contribution in [0.1, 0.15) is 42.5 Å². The molecule has 1 aromatic rings. The summed E-state index contributed by atoms with van der Waals surface area (Å²) in [5, 5.41) is 9.85. The van der Waals surface area contributed by atoms with Crippen LogP contribution in [0.15, 0.2) is 30.3 Å². The smallest absolute Gasteiger partial charge is 0.253 e. The Hall–Kier alpha value is -1.43. The molecule has 3 saturated heterocycles. The van der Waals surface area contributed by atoms with Gasteiger partial charge in [0.15, 0.2) is 0 Å². The van der Waals surface area contributed by atoms with Gasteiger partial charge in [-0.15, -0.1) is 0 Å². The van der Waals surface area contributed by atoms with Crippen LogP contribution in [0.5, 0.6) is 0 Å². The van der Waals surface area contributed by atoms with E-state index < -0.39 is 0 Å². The van der Waals surface area contributed by atoms with Crippen molar-refractivity contribution in [2.75, 3.05) is 39.3 Å². The van der Waals surface area contributed by atoms with Crippen molar-refractivity contribution in [1.82, 2.24) is 9.80 Å². The van der Waals surface area contributed by atoms with Crippen LogP contribution < -0.4 is 0 Å². The third-order valence-corrected chi connectivity index (χ3v) is 6.36. The van der Waals surface area contributed by atoms with Crippen molar-refractivity contribution in [3.8, 4) is 0 Å². The number of hydrogen-bond donors (Lipinski definition) is 1. The first-order valence-corrected chi connectivity index (χ1v) is 10.00. The maximum Gasteiger partial charge on any atom is 0.253 e. The van der Waals surface area contributed by atoms with Crippen LogP contribution in [-0.4, -0.2) is 72.4 Å². The van der Waals surface area contributed by atoms with E-state index in [2.05, 4.69) is 4.90 Å². The summed E-state index contributed by atoms with van der Waals surface area (Å²) in [5.41, 5.74) is 1.03. The second kappa shape index (κ2) is 7.67. The van der Waals surface area contributed by atoms with Crippen LogP contribution in [-0.2, 0) is 4.74 Å². The first kappa shape index (κ1) is 18.0. The van der Waals surface area contributed by atoms with Gasteiger partial charge in [0.2, 0.25) is 0 Å². The standard InChI is InChI=1S/C21H30N2O3/c24-18-7-4-10-22(14-18)15-19-13-21(16-26-19)8-11-23(12-9-21)20(25)17-5-2-1-3-6-17/h1-3,5-6,18-19,24H,4,7-16H2/t18-,19-/m1/s1. The summed E-state index contributed by atoms with van der Waals surface area (Å²) >= 11 is 0. The summed E-state index contributed by atoms with van der Waals surface area (Å²) in [6, 6.07) is 9.58. The molecule has 3 aliphatic heterocycles. The first-order valence-electron chi connectivity index (χ1n) is 10.00. The average molecular weight is 358 g/mol. The van der Waals surface area contributed by atoms with E-state index in [4.69, 9.17) is 4.74 Å². The molecule has 0 aliphatic carbocycles. The summed E-state index contributed by atoms with van der Waals surface area (Å²) in [4.78, 5) is 17.0. The number of carbonyl (C=O) groups is 1. The number of carbonyl (C=O) groups excluding carboxylic acids is 1. The molecule has 0 aromatic heterocycles. The van der Waals surface area contributed by atoms with E-state index in [0.29, 0.717) is 0 Å². The fourth-order valence-corrected chi connectivity index (χ4v) is 4.79. The lowest BCUT2D eigenvalue weighted by Crippen LogP contribution is -2.44. The molecule has 3 fully saturated rings. The number of benzene rings is 1. The Morgan fingerprint density at radius 3 is 2.69 bits per heavy atom. The Morgan fingerprint density at radius 2 is 1.96 bits per heavy atom. The minimum atomic E-state index is -0.175. The topological polar surface area (TPSA) is 53.0 Å². The molecule has 0 saturated carbocycles. The number of ether oxygens (including phenoxy) is 1. The Balaban J connectivity index is 1.28. The van der Waals surface area contributed by atoms with Crippen molar-refractivity contribution in [2.24, 2.45) is 5.41 Å². The highest BCUT2D eigenvalue weighted by Crippen LogP contribution is 2.42. The molecule has 5 heteroatoms. The van der Waals surface area contributed by atoms with Gasteiger partial charge in [-0.2, -0.15) is 0 Å². The van der Waals surface area contributed by atoms with Crippen molar-refractivity contribution >= 4 is 5.91 Å². The van der Waals surface area contributed by atoms with Crippen molar-refractivity contribution in [1.29, 1.82) is 0 Å². The Morgan fingerprint density at radius 1 is 1.19 bits per heavy atom. The highest BCUT2D eigenvalue weighted by Gasteiger charge is 2.43. The summed E-state index contributed by atoms with van der Waals surface area (Å²) in [6.45, 7) is 5.26. The lowest BCUT2D eigenvalue weighted by atomic mass is 9.76. The van der Waals surface area contributed by atoms with Crippen LogP contribution in [0.25, 0.3) is 0 Å². The molecule has 0 bridgehead atoms. The zero-order valence-electron chi connectivity index (χ0n) is 15.5. The van der Waals surface area contributed by atoms with Crippen LogP contribution in [0.3, 0.4) is 0 Å². The van der Waals surface area contributed by atoms with Crippen LogP contribution in [0, 0.1) is 5.41 Å². The van der Waals surface area contributed by atoms with Gasteiger partial charge >= 0.3 is 0 Å². The summed E-state index contributed by atoms with van der Waals surface area (Å²) < 4.78 is 6.14. The number of aliphatic hydroxyl groups excluding tert-OH is 1. The maximum absolute atomic E-state index is 12.6. The SMILES string of the molecule is O=C(c1ccccc1)N1CCC2(CC1)CO[C@@H](CN1CCC[C@@H](O)C1)C2. The normalized spacial score (nSPS) is 29.2. The Labute approximate surface area is 155 Å². The second-order valence-electron chi connectivity index (χ2n) is 8.35. The molecule has 5 nitrogen and oxygen atoms in total. The number of likely N-dealkylation sites (tertiary alicyclic amines) is 2. The van der Waals surface area contributed by atoms with E-state index >= 15 is 0 Å². The molecule has 3 aliphatic rings. The van der Waals surface area contributed by atoms with Gasteiger partial charge in [-0.3, -0.25) is 9.69 Å². The van der Waals surface area contributed by atoms with E-state index in [-0.39, 0.29) is 23.5 Å². The third-order valence-electron chi connectivity index (χ3n) is 6.36. The summed E-state index contributed by atoms with van der Waals surface area (Å²) in [6.07, 6.45) is 5.26. The minimum absolute atomic E-state index is 0.151. The number of β-amino-alcohol motifs (C(OH)–C–C–N with tert-alkyl or cyclic N) is 1. The largest absolute Gasteiger partial charge is 0.392 e. The maximum atomic E-state index is 12.6. The molecule has 1 amide bonds. The zero-order valence-corrected chi connectivity index (χ0v) is 15.5. The molecule has 3 heterocycles. The summed E-state index contributed by atoms with van der Waals surface area (Å²) in [7, 11) is 0. The second-order valence-corrected chi connectivity index (χ2v) is 8.35. The molecule has 1 N–H and O–H groups in total. The van der Waals surface area contributed by atoms with Crippen LogP contribution in [0.4, 0.5) is 0 Å². The third kappa shape index (κ3) is 3.95. The van der Waals surface area contributed by atoms with Gasteiger partial charge in [0.05, 0.1) is 18.8 Å². The molecular formula is C21H30N2O3. The predicted octanol–water partition coefficient (Wildman–Crippen LogP) is 2.15. The number of aliphatic hydroxyl groups is 1. The van der Waals surface area contributed by atoms with Crippen LogP contribution >= 0.6 is 0 Å². The quantitative estimate of drug-likeness (QED) is 0.900. The van der Waals surface area contributed by atoms with E-state index in [1.54, 1.807) is 0 Å². The number of piperidine rings is 2. The molecule has 0 radical (unpaired) electrons. The minimum Gasteiger partial charge on any atom is -0.392 e. The molecule has 2 atom stereocenters. The molecule has 26 heavy (non-hydrogen) atoms. The highest BCUT2D eigenvalue weighted by atomic mass is 16.5. The molecule has 142 valence electrons. The number of rotatable bonds is 3. The van der Waals surface area contributed by atoms with Gasteiger partial charge < -0.3 is 14.7 Å². The van der Waals surface area contributed by atoms with Gasteiger partial charge in [-0.05, 0) is 56.2 Å². The van der Waals surface area contributed by atoms with E-state index in [1.807, 2.05) is 35.2 Å². The lowest BCUT2D eigenvalue weighted by molar-refractivity contribution is 0.0227. The van der Waals surface area contributed by atoms with Crippen LogP contribution in [0.2, 0.25) is 0 Å². The first-order chi connectivity index (χ1) is 12.6. The monoisotopic (exact) mass is 358 g/mol. The van der Waals surface area contributed by atoms with Crippen molar-refractivity contribution in [2.45, 2.75) is 44.3 Å². The zero-order chi connectivity index (χ0) is 18.0. The molecular weight excluding hydrogens is 328 g/mol. The van der Waals surface area contributed by atoms with Crippen molar-refractivity contribution in [3.05, 3.63) is 35.9 Å². The molecule has 1 spiro atoms. The van der Waals surface area contributed by atoms with Gasteiger partial charge in [0, 0.05) is 31.7 Å². The van der Waals surface area contributed by atoms with E-state index in [9.17, 15) is 9.90 Å². The number of hydrogen-bond acceptors (Lipinski definition) is 4. The van der Waals surface area contributed by atoms with Crippen molar-refractivity contribution < 1.29 is 14.6 Å². The lowest BCUT2D eigenvalue weighted by Gasteiger charge is -2.38. The van der Waals surface area contributed by atoms with E-state index in [0.717, 1.165) is 77.0 Å². The van der Waals surface area contributed by atoms with Gasteiger partial charge in [-0.1, -0.05) is 18.2 Å².